The quantitative estimate of drug-likeness (QED) is 0.247. The molecule has 3 aromatic carbocycles. The highest BCUT2D eigenvalue weighted by molar-refractivity contribution is 8.18. The highest BCUT2D eigenvalue weighted by Gasteiger charge is 2.36. The maximum atomic E-state index is 13.1. The number of carbonyl (C=O) groups is 4. The van der Waals surface area contributed by atoms with Gasteiger partial charge in [0.25, 0.3) is 11.1 Å². The van der Waals surface area contributed by atoms with Crippen LogP contribution in [0.1, 0.15) is 27.0 Å². The van der Waals surface area contributed by atoms with E-state index in [0.29, 0.717) is 17.8 Å². The van der Waals surface area contributed by atoms with Gasteiger partial charge in [-0.25, -0.2) is 4.79 Å². The molecule has 1 aliphatic heterocycles. The van der Waals surface area contributed by atoms with Gasteiger partial charge in [-0.1, -0.05) is 42.5 Å². The lowest BCUT2D eigenvalue weighted by Gasteiger charge is -2.12. The summed E-state index contributed by atoms with van der Waals surface area (Å²) in [7, 11) is 1.35. The fourth-order valence-corrected chi connectivity index (χ4v) is 5.31. The van der Waals surface area contributed by atoms with Crippen molar-refractivity contribution in [1.29, 1.82) is 0 Å². The number of para-hydroxylation sites is 1. The van der Waals surface area contributed by atoms with Crippen LogP contribution in [0.4, 0.5) is 10.5 Å². The van der Waals surface area contributed by atoms with Gasteiger partial charge in [-0.15, -0.1) is 0 Å². The lowest BCUT2D eigenvalue weighted by atomic mass is 10.1. The van der Waals surface area contributed by atoms with Crippen molar-refractivity contribution in [2.45, 2.75) is 13.5 Å². The number of aryl methyl sites for hydroxylation is 1. The van der Waals surface area contributed by atoms with E-state index >= 15 is 0 Å². The summed E-state index contributed by atoms with van der Waals surface area (Å²) in [6.07, 6.45) is 3.60. The minimum Gasteiger partial charge on any atom is -0.465 e. The third kappa shape index (κ3) is 5.63. The largest absolute Gasteiger partial charge is 0.465 e. The van der Waals surface area contributed by atoms with Gasteiger partial charge < -0.3 is 14.6 Å². The first-order chi connectivity index (χ1) is 18.8. The number of ether oxygens (including phenoxy) is 1. The summed E-state index contributed by atoms with van der Waals surface area (Å²) in [4.78, 5) is 51.5. The fraction of sp³-hybridized carbons (Fsp3) is 0.133. The van der Waals surface area contributed by atoms with E-state index in [1.807, 2.05) is 66.2 Å². The Kier molecular flexibility index (Phi) is 7.33. The summed E-state index contributed by atoms with van der Waals surface area (Å²) in [5.74, 6) is -1.36. The van der Waals surface area contributed by atoms with Crippen LogP contribution in [0.25, 0.3) is 17.0 Å². The summed E-state index contributed by atoms with van der Waals surface area (Å²) in [5, 5.41) is 3.15. The number of thioether (sulfide) groups is 1. The number of imide groups is 1. The molecule has 0 atom stereocenters. The molecule has 4 aromatic rings. The summed E-state index contributed by atoms with van der Waals surface area (Å²) in [6.45, 7) is 2.03. The number of hydrogen-bond donors (Lipinski definition) is 1. The van der Waals surface area contributed by atoms with Crippen molar-refractivity contribution in [1.82, 2.24) is 9.47 Å². The first kappa shape index (κ1) is 26.0. The van der Waals surface area contributed by atoms with Crippen molar-refractivity contribution in [3.05, 3.63) is 106 Å². The van der Waals surface area contributed by atoms with Crippen LogP contribution in [0.15, 0.2) is 83.9 Å². The molecule has 1 aromatic heterocycles. The Balaban J connectivity index is 1.38. The van der Waals surface area contributed by atoms with Crippen LogP contribution in [0, 0.1) is 6.92 Å². The van der Waals surface area contributed by atoms with E-state index < -0.39 is 23.0 Å². The Labute approximate surface area is 229 Å². The monoisotopic (exact) mass is 539 g/mol. The van der Waals surface area contributed by atoms with Crippen LogP contribution >= 0.6 is 11.8 Å². The maximum Gasteiger partial charge on any atom is 0.337 e. The maximum absolute atomic E-state index is 13.1. The van der Waals surface area contributed by atoms with E-state index in [1.165, 1.54) is 7.11 Å². The van der Waals surface area contributed by atoms with Gasteiger partial charge in [-0.2, -0.15) is 0 Å². The fourth-order valence-electron chi connectivity index (χ4n) is 4.48. The summed E-state index contributed by atoms with van der Waals surface area (Å²) >= 11 is 0.815. The molecule has 0 radical (unpaired) electrons. The molecular weight excluding hydrogens is 514 g/mol. The number of nitrogens with zero attached hydrogens (tertiary/aromatic N) is 2. The molecule has 1 N–H and O–H groups in total. The Bertz CT molecular complexity index is 1660. The summed E-state index contributed by atoms with van der Waals surface area (Å²) in [6, 6.07) is 22.3. The molecule has 2 heterocycles. The van der Waals surface area contributed by atoms with E-state index in [0.717, 1.165) is 44.3 Å². The molecular formula is C30H25N3O5S. The number of aromatic nitrogens is 1. The number of esters is 1. The minimum absolute atomic E-state index is 0.249. The molecule has 0 spiro atoms. The Morgan fingerprint density at radius 1 is 1.00 bits per heavy atom. The molecule has 0 aliphatic carbocycles. The van der Waals surface area contributed by atoms with Gasteiger partial charge in [0, 0.05) is 34.9 Å². The molecule has 1 aliphatic rings. The van der Waals surface area contributed by atoms with Crippen molar-refractivity contribution in [2.75, 3.05) is 19.0 Å². The molecule has 1 saturated heterocycles. The molecule has 196 valence electrons. The van der Waals surface area contributed by atoms with Crippen molar-refractivity contribution < 1.29 is 23.9 Å². The van der Waals surface area contributed by atoms with Gasteiger partial charge in [0.2, 0.25) is 5.91 Å². The predicted octanol–water partition coefficient (Wildman–Crippen LogP) is 5.46. The molecule has 39 heavy (non-hydrogen) atoms. The first-order valence-corrected chi connectivity index (χ1v) is 13.0. The van der Waals surface area contributed by atoms with Crippen LogP contribution in [-0.2, 0) is 20.9 Å². The molecule has 1 fully saturated rings. The average molecular weight is 540 g/mol. The number of rotatable bonds is 7. The second-order valence-electron chi connectivity index (χ2n) is 9.11. The standard InChI is InChI=1S/C30H25N3O5S/c1-19-7-5-10-23(13-19)31-27(34)18-33-28(35)26(39-30(33)37)15-22-17-32(25-12-4-3-11-24(22)25)16-20-8-6-9-21(14-20)29(36)38-2/h3-15,17H,16,18H2,1-2H3,(H,31,34)/b26-15-. The Morgan fingerprint density at radius 2 is 1.79 bits per heavy atom. The number of anilines is 1. The third-order valence-corrected chi connectivity index (χ3v) is 7.19. The van der Waals surface area contributed by atoms with Crippen molar-refractivity contribution in [3.63, 3.8) is 0 Å². The van der Waals surface area contributed by atoms with Gasteiger partial charge in [-0.05, 0) is 66.2 Å². The number of nitrogens with one attached hydrogen (secondary N) is 1. The van der Waals surface area contributed by atoms with Crippen molar-refractivity contribution in [3.8, 4) is 0 Å². The first-order valence-electron chi connectivity index (χ1n) is 12.2. The van der Waals surface area contributed by atoms with Crippen LogP contribution in [0.2, 0.25) is 0 Å². The molecule has 0 unspecified atom stereocenters. The lowest BCUT2D eigenvalue weighted by molar-refractivity contribution is -0.127. The summed E-state index contributed by atoms with van der Waals surface area (Å²) < 4.78 is 6.86. The number of carbonyl (C=O) groups excluding carboxylic acids is 4. The molecule has 0 bridgehead atoms. The molecule has 3 amide bonds. The zero-order chi connectivity index (χ0) is 27.5. The van der Waals surface area contributed by atoms with Gasteiger partial charge in [0.1, 0.15) is 6.54 Å². The van der Waals surface area contributed by atoms with Crippen LogP contribution in [0.3, 0.4) is 0 Å². The third-order valence-electron chi connectivity index (χ3n) is 6.28. The average Bonchev–Trinajstić information content (AvgIpc) is 3.40. The topological polar surface area (TPSA) is 97.7 Å². The minimum atomic E-state index is -0.507. The zero-order valence-corrected chi connectivity index (χ0v) is 22.2. The number of amides is 3. The van der Waals surface area contributed by atoms with E-state index in [4.69, 9.17) is 4.74 Å². The van der Waals surface area contributed by atoms with Crippen molar-refractivity contribution >= 4 is 57.5 Å². The highest BCUT2D eigenvalue weighted by atomic mass is 32.2. The molecule has 0 saturated carbocycles. The second kappa shape index (κ2) is 11.0. The SMILES string of the molecule is COC(=O)c1cccc(Cn2cc(/C=C3\SC(=O)N(CC(=O)Nc4cccc(C)c4)C3=O)c3ccccc32)c1. The zero-order valence-electron chi connectivity index (χ0n) is 21.3. The molecule has 9 heteroatoms. The highest BCUT2D eigenvalue weighted by Crippen LogP contribution is 2.34. The number of methoxy groups -OCH3 is 1. The van der Waals surface area contributed by atoms with E-state index in [1.54, 1.807) is 30.3 Å². The lowest BCUT2D eigenvalue weighted by Crippen LogP contribution is -2.36. The number of hydrogen-bond acceptors (Lipinski definition) is 6. The van der Waals surface area contributed by atoms with Gasteiger partial charge in [0.05, 0.1) is 17.6 Å². The molecule has 8 nitrogen and oxygen atoms in total. The van der Waals surface area contributed by atoms with Gasteiger partial charge in [-0.3, -0.25) is 19.3 Å². The van der Waals surface area contributed by atoms with E-state index in [2.05, 4.69) is 5.32 Å². The number of fused-ring (bicyclic) bond motifs is 1. The Morgan fingerprint density at radius 3 is 2.59 bits per heavy atom. The second-order valence-corrected chi connectivity index (χ2v) is 10.1. The van der Waals surface area contributed by atoms with Gasteiger partial charge in [0.15, 0.2) is 0 Å². The predicted molar refractivity (Wildman–Crippen MR) is 151 cm³/mol. The van der Waals surface area contributed by atoms with Crippen molar-refractivity contribution in [2.24, 2.45) is 0 Å². The summed E-state index contributed by atoms with van der Waals surface area (Å²) in [5.41, 5.74) is 4.66. The smallest absolute Gasteiger partial charge is 0.337 e. The van der Waals surface area contributed by atoms with Crippen LogP contribution in [-0.4, -0.2) is 46.1 Å². The van der Waals surface area contributed by atoms with Crippen LogP contribution in [0.5, 0.6) is 0 Å². The number of benzene rings is 3. The normalized spacial score (nSPS) is 14.3. The van der Waals surface area contributed by atoms with E-state index in [-0.39, 0.29) is 11.4 Å². The van der Waals surface area contributed by atoms with E-state index in [9.17, 15) is 19.2 Å². The van der Waals surface area contributed by atoms with Crippen LogP contribution < -0.4 is 5.32 Å². The van der Waals surface area contributed by atoms with Gasteiger partial charge >= 0.3 is 5.97 Å². The molecule has 5 rings (SSSR count). The Hall–Kier alpha value is -4.63.